The fourth-order valence-electron chi connectivity index (χ4n) is 3.46. The number of nitrogens with one attached hydrogen (secondary N) is 2. The summed E-state index contributed by atoms with van der Waals surface area (Å²) in [5, 5.41) is 7.64. The molecule has 3 heterocycles. The number of pyridine rings is 1. The van der Waals surface area contributed by atoms with E-state index in [9.17, 15) is 4.79 Å². The van der Waals surface area contributed by atoms with Crippen molar-refractivity contribution in [2.45, 2.75) is 18.0 Å². The normalized spacial score (nSPS) is 11.5. The van der Waals surface area contributed by atoms with Gasteiger partial charge in [-0.2, -0.15) is 13.5 Å². The number of anilines is 1. The second kappa shape index (κ2) is 11.1. The monoisotopic (exact) mass is 479 g/mol. The van der Waals surface area contributed by atoms with Gasteiger partial charge in [0.15, 0.2) is 5.16 Å². The van der Waals surface area contributed by atoms with E-state index in [0.717, 1.165) is 38.7 Å². The van der Waals surface area contributed by atoms with E-state index in [-0.39, 0.29) is 25.3 Å². The molecule has 3 aromatic heterocycles. The summed E-state index contributed by atoms with van der Waals surface area (Å²) in [6.45, 7) is 2.76. The van der Waals surface area contributed by atoms with Gasteiger partial charge >= 0.3 is 0 Å². The van der Waals surface area contributed by atoms with Crippen LogP contribution in [0.2, 0.25) is 0 Å². The Labute approximate surface area is 203 Å². The van der Waals surface area contributed by atoms with Gasteiger partial charge in [0, 0.05) is 55.1 Å². The molecule has 0 unspecified atom stereocenters. The van der Waals surface area contributed by atoms with E-state index in [4.69, 9.17) is 0 Å². The maximum atomic E-state index is 12.2. The Kier molecular flexibility index (Phi) is 8.18. The molecule has 1 aromatic carbocycles. The highest BCUT2D eigenvalue weighted by Crippen LogP contribution is 2.27. The van der Waals surface area contributed by atoms with Crippen molar-refractivity contribution >= 4 is 47.9 Å². The summed E-state index contributed by atoms with van der Waals surface area (Å²) in [5.74, 6) is 0.729. The quantitative estimate of drug-likeness (QED) is 0.304. The molecule has 0 spiro atoms. The number of rotatable bonds is 7. The largest absolute Gasteiger partial charge is 0.369 e. The highest BCUT2D eigenvalue weighted by Gasteiger charge is 2.15. The SMILES string of the molecule is CNC(=O)c1ccnc2c([C@H](C)CNc3cc(-c4cnc(SC)nc4)ncn3)cccc12.S. The lowest BCUT2D eigenvalue weighted by atomic mass is 9.96. The van der Waals surface area contributed by atoms with Gasteiger partial charge in [-0.3, -0.25) is 9.78 Å². The second-order valence-corrected chi connectivity index (χ2v) is 7.98. The average Bonchev–Trinajstić information content (AvgIpc) is 2.86. The van der Waals surface area contributed by atoms with E-state index in [2.05, 4.69) is 42.5 Å². The van der Waals surface area contributed by atoms with Crippen molar-refractivity contribution in [3.8, 4) is 11.3 Å². The van der Waals surface area contributed by atoms with Crippen molar-refractivity contribution in [2.24, 2.45) is 0 Å². The molecule has 170 valence electrons. The topological polar surface area (TPSA) is 106 Å². The van der Waals surface area contributed by atoms with Crippen LogP contribution in [0.5, 0.6) is 0 Å². The molecule has 2 N–H and O–H groups in total. The van der Waals surface area contributed by atoms with Gasteiger partial charge < -0.3 is 10.6 Å². The molecule has 0 aliphatic heterocycles. The number of hydrogen-bond donors (Lipinski definition) is 2. The van der Waals surface area contributed by atoms with Crippen molar-refractivity contribution < 1.29 is 4.79 Å². The molecule has 0 bridgehead atoms. The predicted octanol–water partition coefficient (Wildman–Crippen LogP) is 3.89. The Bertz CT molecular complexity index is 1250. The number of nitrogens with zero attached hydrogens (tertiary/aromatic N) is 5. The Morgan fingerprint density at radius 3 is 2.61 bits per heavy atom. The van der Waals surface area contributed by atoms with E-state index >= 15 is 0 Å². The van der Waals surface area contributed by atoms with Gasteiger partial charge in [0.2, 0.25) is 0 Å². The van der Waals surface area contributed by atoms with Gasteiger partial charge in [-0.1, -0.05) is 36.9 Å². The number of carbonyl (C=O) groups is 1. The first-order chi connectivity index (χ1) is 15.6. The number of hydrogen-bond acceptors (Lipinski definition) is 8. The third-order valence-corrected chi connectivity index (χ3v) is 5.74. The van der Waals surface area contributed by atoms with Crippen molar-refractivity contribution in [1.29, 1.82) is 0 Å². The zero-order valence-corrected chi connectivity index (χ0v) is 20.3. The third kappa shape index (κ3) is 5.40. The highest BCUT2D eigenvalue weighted by molar-refractivity contribution is 7.98. The summed E-state index contributed by atoms with van der Waals surface area (Å²) in [5.41, 5.74) is 4.11. The zero-order chi connectivity index (χ0) is 22.5. The van der Waals surface area contributed by atoms with Crippen molar-refractivity contribution in [3.05, 3.63) is 66.4 Å². The van der Waals surface area contributed by atoms with E-state index in [1.807, 2.05) is 30.5 Å². The van der Waals surface area contributed by atoms with Crippen LogP contribution < -0.4 is 10.6 Å². The van der Waals surface area contributed by atoms with Gasteiger partial charge in [-0.15, -0.1) is 0 Å². The first-order valence-electron chi connectivity index (χ1n) is 10.1. The minimum atomic E-state index is -0.122. The molecule has 33 heavy (non-hydrogen) atoms. The number of amides is 1. The first-order valence-corrected chi connectivity index (χ1v) is 11.3. The van der Waals surface area contributed by atoms with Crippen LogP contribution in [0.15, 0.2) is 60.4 Å². The van der Waals surface area contributed by atoms with Crippen molar-refractivity contribution in [3.63, 3.8) is 0 Å². The van der Waals surface area contributed by atoms with Crippen molar-refractivity contribution in [2.75, 3.05) is 25.2 Å². The van der Waals surface area contributed by atoms with E-state index < -0.39 is 0 Å². The second-order valence-electron chi connectivity index (χ2n) is 7.21. The zero-order valence-electron chi connectivity index (χ0n) is 18.5. The molecular weight excluding hydrogens is 454 g/mol. The molecule has 0 aliphatic rings. The fraction of sp³-hybridized carbons (Fsp3) is 0.217. The first kappa shape index (κ1) is 24.4. The number of fused-ring (bicyclic) bond motifs is 1. The number of para-hydroxylation sites is 1. The Hall–Kier alpha value is -3.24. The van der Waals surface area contributed by atoms with Crippen molar-refractivity contribution in [1.82, 2.24) is 30.2 Å². The molecule has 4 rings (SSSR count). The van der Waals surface area contributed by atoms with Crippen LogP contribution >= 0.6 is 25.3 Å². The number of carbonyl (C=O) groups excluding carboxylic acids is 1. The third-order valence-electron chi connectivity index (χ3n) is 5.17. The van der Waals surface area contributed by atoms with Crippen LogP contribution in [-0.4, -0.2) is 50.7 Å². The molecule has 0 saturated heterocycles. The molecule has 1 amide bonds. The van der Waals surface area contributed by atoms with Crippen LogP contribution in [0.3, 0.4) is 0 Å². The Morgan fingerprint density at radius 1 is 1.09 bits per heavy atom. The lowest BCUT2D eigenvalue weighted by Gasteiger charge is -2.16. The smallest absolute Gasteiger partial charge is 0.251 e. The fourth-order valence-corrected chi connectivity index (χ4v) is 3.78. The summed E-state index contributed by atoms with van der Waals surface area (Å²) in [7, 11) is 1.63. The minimum Gasteiger partial charge on any atom is -0.369 e. The van der Waals surface area contributed by atoms with Gasteiger partial charge in [-0.05, 0) is 17.9 Å². The molecule has 1 atom stereocenters. The van der Waals surface area contributed by atoms with Gasteiger partial charge in [0.1, 0.15) is 12.1 Å². The Morgan fingerprint density at radius 2 is 1.88 bits per heavy atom. The van der Waals surface area contributed by atoms with Crippen LogP contribution in [0.25, 0.3) is 22.2 Å². The number of benzene rings is 1. The summed E-state index contributed by atoms with van der Waals surface area (Å²) >= 11 is 1.49. The van der Waals surface area contributed by atoms with Crippen LogP contribution in [0.1, 0.15) is 28.8 Å². The van der Waals surface area contributed by atoms with Gasteiger partial charge in [0.05, 0.1) is 16.8 Å². The van der Waals surface area contributed by atoms with E-state index in [0.29, 0.717) is 12.1 Å². The lowest BCUT2D eigenvalue weighted by molar-refractivity contribution is 0.0964. The molecule has 10 heteroatoms. The Balaban J connectivity index is 0.00000306. The highest BCUT2D eigenvalue weighted by atomic mass is 32.2. The van der Waals surface area contributed by atoms with Gasteiger partial charge in [-0.25, -0.2) is 19.9 Å². The summed E-state index contributed by atoms with van der Waals surface area (Å²) in [4.78, 5) is 34.1. The molecule has 0 aliphatic carbocycles. The van der Waals surface area contributed by atoms with Gasteiger partial charge in [0.25, 0.3) is 5.91 Å². The van der Waals surface area contributed by atoms with E-state index in [1.165, 1.54) is 18.1 Å². The molecular formula is C23H25N7OS2. The molecule has 0 radical (unpaired) electrons. The molecule has 0 fully saturated rings. The van der Waals surface area contributed by atoms with Crippen LogP contribution in [-0.2, 0) is 0 Å². The summed E-state index contributed by atoms with van der Waals surface area (Å²) in [6.07, 6.45) is 8.67. The minimum absolute atomic E-state index is 0. The molecule has 4 aromatic rings. The average molecular weight is 480 g/mol. The standard InChI is InChI=1S/C23H23N7OS.H2S/c1-14(16-5-4-6-17-18(22(31)24-2)7-8-25-21(16)17)10-26-20-9-19(29-13-30-20)15-11-27-23(32-3)28-12-15;/h4-9,11-14H,10H2,1-3H3,(H,24,31)(H,26,29,30);1H2/t14-;/m1./s1. The predicted molar refractivity (Wildman–Crippen MR) is 137 cm³/mol. The summed E-state index contributed by atoms with van der Waals surface area (Å²) in [6, 6.07) is 9.56. The summed E-state index contributed by atoms with van der Waals surface area (Å²) < 4.78 is 0. The molecule has 0 saturated carbocycles. The number of thioether (sulfide) groups is 1. The van der Waals surface area contributed by atoms with E-state index in [1.54, 1.807) is 31.7 Å². The van der Waals surface area contributed by atoms with Crippen LogP contribution in [0, 0.1) is 0 Å². The lowest BCUT2D eigenvalue weighted by Crippen LogP contribution is -2.18. The maximum absolute atomic E-state index is 12.2. The maximum Gasteiger partial charge on any atom is 0.251 e. The number of aromatic nitrogens is 5. The molecule has 8 nitrogen and oxygen atoms in total. The van der Waals surface area contributed by atoms with Crippen LogP contribution in [0.4, 0.5) is 5.82 Å².